The number of aromatic amines is 1. The lowest BCUT2D eigenvalue weighted by Gasteiger charge is -2.47. The molecule has 138 valence electrons. The lowest BCUT2D eigenvalue weighted by molar-refractivity contribution is -0.140. The molecule has 0 aliphatic carbocycles. The van der Waals surface area contributed by atoms with E-state index in [9.17, 15) is 4.79 Å². The van der Waals surface area contributed by atoms with Crippen molar-refractivity contribution in [3.8, 4) is 0 Å². The molecule has 4 rings (SSSR count). The van der Waals surface area contributed by atoms with Crippen molar-refractivity contribution in [2.24, 2.45) is 5.92 Å². The second kappa shape index (κ2) is 7.91. The first-order valence-corrected chi connectivity index (χ1v) is 9.49. The number of carbonyl (C=O) groups is 1. The maximum Gasteiger partial charge on any atom is 0.222 e. The van der Waals surface area contributed by atoms with Crippen LogP contribution in [0.5, 0.6) is 0 Å². The highest BCUT2D eigenvalue weighted by Crippen LogP contribution is 2.31. The van der Waals surface area contributed by atoms with Crippen molar-refractivity contribution in [3.63, 3.8) is 0 Å². The fraction of sp³-hybridized carbons (Fsp3) is 0.500. The minimum Gasteiger partial charge on any atom is -0.465 e. The summed E-state index contributed by atoms with van der Waals surface area (Å²) in [6, 6.07) is 4.26. The van der Waals surface area contributed by atoms with Gasteiger partial charge < -0.3 is 14.3 Å². The number of carbonyl (C=O) groups excluding carboxylic acids is 1. The van der Waals surface area contributed by atoms with Gasteiger partial charge in [-0.1, -0.05) is 6.08 Å². The van der Waals surface area contributed by atoms with Crippen LogP contribution < -0.4 is 0 Å². The van der Waals surface area contributed by atoms with Crippen molar-refractivity contribution >= 4 is 12.0 Å². The van der Waals surface area contributed by atoms with Crippen molar-refractivity contribution in [3.05, 3.63) is 48.5 Å². The van der Waals surface area contributed by atoms with E-state index in [0.717, 1.165) is 56.9 Å². The summed E-state index contributed by atoms with van der Waals surface area (Å²) in [5.41, 5.74) is 1.10. The molecule has 1 N–H and O–H groups in total. The monoisotopic (exact) mass is 354 g/mol. The predicted molar refractivity (Wildman–Crippen MR) is 99.3 cm³/mol. The van der Waals surface area contributed by atoms with Gasteiger partial charge in [0.05, 0.1) is 12.6 Å². The molecule has 0 saturated carbocycles. The van der Waals surface area contributed by atoms with Gasteiger partial charge in [0.25, 0.3) is 0 Å². The smallest absolute Gasteiger partial charge is 0.222 e. The number of H-pyrrole nitrogens is 1. The van der Waals surface area contributed by atoms with Gasteiger partial charge in [-0.15, -0.1) is 0 Å². The van der Waals surface area contributed by atoms with Gasteiger partial charge >= 0.3 is 0 Å². The van der Waals surface area contributed by atoms with Crippen molar-refractivity contribution < 1.29 is 9.21 Å². The molecular formula is C20H26N4O2. The summed E-state index contributed by atoms with van der Waals surface area (Å²) in [5.74, 6) is 1.80. The fourth-order valence-corrected chi connectivity index (χ4v) is 4.25. The molecule has 0 radical (unpaired) electrons. The first kappa shape index (κ1) is 17.1. The zero-order valence-corrected chi connectivity index (χ0v) is 15.0. The van der Waals surface area contributed by atoms with Crippen molar-refractivity contribution in [1.29, 1.82) is 0 Å². The lowest BCUT2D eigenvalue weighted by Crippen LogP contribution is -2.56. The maximum atomic E-state index is 12.5. The first-order chi connectivity index (χ1) is 12.8. The van der Waals surface area contributed by atoms with Crippen LogP contribution in [0.2, 0.25) is 0 Å². The number of hydrogen-bond acceptors (Lipinski definition) is 4. The van der Waals surface area contributed by atoms with Crippen LogP contribution >= 0.6 is 0 Å². The molecule has 0 unspecified atom stereocenters. The standard InChI is InChI=1S/C20H26N4O2/c25-20-6-5-16-14-23(9-1-3-18-4-2-12-26-18)10-8-19(16)24(20)11-7-17-13-21-15-22-17/h1-4,12-13,15-16,19H,5-11,14H2,(H,21,22)/b3-1+/t16-,19+/m0/s1. The number of likely N-dealkylation sites (tertiary alicyclic amines) is 2. The average molecular weight is 354 g/mol. The van der Waals surface area contributed by atoms with E-state index in [1.54, 1.807) is 12.6 Å². The molecule has 0 spiro atoms. The van der Waals surface area contributed by atoms with E-state index < -0.39 is 0 Å². The van der Waals surface area contributed by atoms with Crippen molar-refractivity contribution in [2.75, 3.05) is 26.2 Å². The Labute approximate surface area is 153 Å². The summed E-state index contributed by atoms with van der Waals surface area (Å²) >= 11 is 0. The Morgan fingerprint density at radius 1 is 1.38 bits per heavy atom. The highest BCUT2D eigenvalue weighted by atomic mass is 16.3. The molecule has 0 bridgehead atoms. The van der Waals surface area contributed by atoms with E-state index in [1.807, 2.05) is 24.4 Å². The maximum absolute atomic E-state index is 12.5. The van der Waals surface area contributed by atoms with Gasteiger partial charge in [0.15, 0.2) is 0 Å². The molecule has 2 fully saturated rings. The van der Waals surface area contributed by atoms with Crippen LogP contribution in [-0.4, -0.2) is 57.9 Å². The quantitative estimate of drug-likeness (QED) is 0.866. The normalized spacial score (nSPS) is 24.3. The Kier molecular flexibility index (Phi) is 5.20. The largest absolute Gasteiger partial charge is 0.465 e. The summed E-state index contributed by atoms with van der Waals surface area (Å²) in [4.78, 5) is 24.3. The topological polar surface area (TPSA) is 65.4 Å². The number of piperidine rings is 2. The molecule has 2 aromatic heterocycles. The average Bonchev–Trinajstić information content (AvgIpc) is 3.35. The molecule has 2 aliphatic heterocycles. The summed E-state index contributed by atoms with van der Waals surface area (Å²) in [6.07, 6.45) is 13.1. The van der Waals surface area contributed by atoms with Crippen LogP contribution in [0.3, 0.4) is 0 Å². The number of nitrogens with zero attached hydrogens (tertiary/aromatic N) is 3. The lowest BCUT2D eigenvalue weighted by atomic mass is 9.83. The van der Waals surface area contributed by atoms with E-state index in [-0.39, 0.29) is 0 Å². The van der Waals surface area contributed by atoms with Gasteiger partial charge in [0.1, 0.15) is 5.76 Å². The number of hydrogen-bond donors (Lipinski definition) is 1. The molecule has 26 heavy (non-hydrogen) atoms. The van der Waals surface area contributed by atoms with Crippen LogP contribution in [0.1, 0.15) is 30.7 Å². The van der Waals surface area contributed by atoms with Crippen molar-refractivity contribution in [1.82, 2.24) is 19.8 Å². The van der Waals surface area contributed by atoms with Gasteiger partial charge in [-0.05, 0) is 37.0 Å². The number of aromatic nitrogens is 2. The number of furan rings is 1. The molecule has 2 saturated heterocycles. The summed E-state index contributed by atoms with van der Waals surface area (Å²) in [6.45, 7) is 3.84. The van der Waals surface area contributed by atoms with Gasteiger partial charge in [-0.3, -0.25) is 9.69 Å². The van der Waals surface area contributed by atoms with Crippen LogP contribution in [-0.2, 0) is 11.2 Å². The minimum atomic E-state index is 0.317. The van der Waals surface area contributed by atoms with Gasteiger partial charge in [-0.2, -0.15) is 0 Å². The number of fused-ring (bicyclic) bond motifs is 1. The Morgan fingerprint density at radius 3 is 3.15 bits per heavy atom. The third-order valence-electron chi connectivity index (χ3n) is 5.59. The minimum absolute atomic E-state index is 0.317. The number of amides is 1. The molecule has 6 heteroatoms. The second-order valence-electron chi connectivity index (χ2n) is 7.25. The van der Waals surface area contributed by atoms with Crippen molar-refractivity contribution in [2.45, 2.75) is 31.7 Å². The second-order valence-corrected chi connectivity index (χ2v) is 7.25. The summed E-state index contributed by atoms with van der Waals surface area (Å²) < 4.78 is 5.34. The van der Waals surface area contributed by atoms with Gasteiger partial charge in [0.2, 0.25) is 5.91 Å². The zero-order chi connectivity index (χ0) is 17.8. The fourth-order valence-electron chi connectivity index (χ4n) is 4.25. The SMILES string of the molecule is O=C1CC[C@H]2CN(C/C=C/c3ccco3)CC[C@H]2N1CCc1cnc[nH]1. The van der Waals surface area contributed by atoms with E-state index in [0.29, 0.717) is 24.3 Å². The molecule has 4 heterocycles. The zero-order valence-electron chi connectivity index (χ0n) is 15.0. The molecule has 2 aromatic rings. The van der Waals surface area contributed by atoms with E-state index >= 15 is 0 Å². The number of nitrogens with one attached hydrogen (secondary N) is 1. The van der Waals surface area contributed by atoms with E-state index in [1.165, 1.54) is 0 Å². The molecule has 1 amide bonds. The molecule has 6 nitrogen and oxygen atoms in total. The first-order valence-electron chi connectivity index (χ1n) is 9.49. The Balaban J connectivity index is 1.32. The highest BCUT2D eigenvalue weighted by Gasteiger charge is 2.38. The van der Waals surface area contributed by atoms with Crippen LogP contribution in [0.25, 0.3) is 6.08 Å². The molecule has 0 aromatic carbocycles. The number of imidazole rings is 1. The summed E-state index contributed by atoms with van der Waals surface area (Å²) in [5, 5.41) is 0. The van der Waals surface area contributed by atoms with Crippen LogP contribution in [0, 0.1) is 5.92 Å². The third kappa shape index (κ3) is 3.90. The Hall–Kier alpha value is -2.34. The van der Waals surface area contributed by atoms with Gasteiger partial charge in [-0.25, -0.2) is 4.98 Å². The summed E-state index contributed by atoms with van der Waals surface area (Å²) in [7, 11) is 0. The third-order valence-corrected chi connectivity index (χ3v) is 5.59. The number of rotatable bonds is 6. The van der Waals surface area contributed by atoms with Crippen LogP contribution in [0.15, 0.2) is 41.4 Å². The molecular weight excluding hydrogens is 328 g/mol. The highest BCUT2D eigenvalue weighted by molar-refractivity contribution is 5.77. The Bertz CT molecular complexity index is 723. The van der Waals surface area contributed by atoms with Crippen LogP contribution in [0.4, 0.5) is 0 Å². The molecule has 2 aliphatic rings. The van der Waals surface area contributed by atoms with Gasteiger partial charge in [0, 0.05) is 57.0 Å². The van der Waals surface area contributed by atoms with E-state index in [4.69, 9.17) is 4.42 Å². The predicted octanol–water partition coefficient (Wildman–Crippen LogP) is 2.57. The molecule has 2 atom stereocenters. The van der Waals surface area contributed by atoms with E-state index in [2.05, 4.69) is 25.8 Å². The Morgan fingerprint density at radius 2 is 2.35 bits per heavy atom.